The number of nitrogens with two attached hydrogens (primary N) is 1. The Hall–Kier alpha value is -1.57. The van der Waals surface area contributed by atoms with E-state index in [-0.39, 0.29) is 12.5 Å². The molecular weight excluding hydrogens is 428 g/mol. The minimum atomic E-state index is -0.504. The predicted molar refractivity (Wildman–Crippen MR) is 103 cm³/mol. The van der Waals surface area contributed by atoms with E-state index in [1.54, 1.807) is 18.2 Å². The number of nitrogens with one attached hydrogen (secondary N) is 1. The van der Waals surface area contributed by atoms with Crippen LogP contribution in [-0.4, -0.2) is 18.4 Å². The lowest BCUT2D eigenvalue weighted by Gasteiger charge is -2.11. The molecule has 25 heavy (non-hydrogen) atoms. The van der Waals surface area contributed by atoms with Crippen molar-refractivity contribution in [1.82, 2.24) is 0 Å². The number of benzene rings is 1. The lowest BCUT2D eigenvalue weighted by molar-refractivity contribution is -0.118. The van der Waals surface area contributed by atoms with E-state index in [1.807, 2.05) is 0 Å². The molecule has 0 unspecified atom stereocenters. The number of amides is 2. The molecule has 1 aromatic heterocycles. The smallest absolute Gasteiger partial charge is 0.262 e. The summed E-state index contributed by atoms with van der Waals surface area (Å²) >= 11 is 10.6. The van der Waals surface area contributed by atoms with Gasteiger partial charge >= 0.3 is 0 Å². The zero-order valence-corrected chi connectivity index (χ0v) is 16.4. The molecule has 0 radical (unpaired) electrons. The maximum absolute atomic E-state index is 12.2. The number of primary amides is 1. The summed E-state index contributed by atoms with van der Waals surface area (Å²) < 4.78 is 6.16. The highest BCUT2D eigenvalue weighted by Gasteiger charge is 2.25. The lowest BCUT2D eigenvalue weighted by Crippen LogP contribution is -2.22. The molecule has 1 aliphatic rings. The normalized spacial score (nSPS) is 13.2. The number of thiophene rings is 1. The number of aryl methyl sites for hydroxylation is 1. The van der Waals surface area contributed by atoms with E-state index >= 15 is 0 Å². The van der Waals surface area contributed by atoms with Gasteiger partial charge in [-0.25, -0.2) is 0 Å². The second kappa shape index (κ2) is 7.76. The van der Waals surface area contributed by atoms with Crippen molar-refractivity contribution in [3.8, 4) is 5.75 Å². The summed E-state index contributed by atoms with van der Waals surface area (Å²) in [7, 11) is 0. The van der Waals surface area contributed by atoms with Crippen LogP contribution < -0.4 is 15.8 Å². The molecular formula is C17H16BrClN2O3S. The highest BCUT2D eigenvalue weighted by atomic mass is 79.9. The molecule has 0 saturated heterocycles. The average Bonchev–Trinajstić information content (AvgIpc) is 2.91. The van der Waals surface area contributed by atoms with Crippen LogP contribution in [0.4, 0.5) is 5.00 Å². The third-order valence-electron chi connectivity index (χ3n) is 3.92. The molecule has 0 fully saturated rings. The van der Waals surface area contributed by atoms with Crippen molar-refractivity contribution in [2.75, 3.05) is 11.9 Å². The quantitative estimate of drug-likeness (QED) is 0.728. The fraction of sp³-hybridized carbons (Fsp3) is 0.294. The van der Waals surface area contributed by atoms with E-state index in [2.05, 4.69) is 21.2 Å². The molecule has 2 aromatic rings. The van der Waals surface area contributed by atoms with Crippen LogP contribution in [0.1, 0.15) is 33.6 Å². The molecule has 5 nitrogen and oxygen atoms in total. The van der Waals surface area contributed by atoms with Crippen molar-refractivity contribution < 1.29 is 14.3 Å². The third kappa shape index (κ3) is 4.16. The van der Waals surface area contributed by atoms with Crippen molar-refractivity contribution >= 4 is 55.7 Å². The molecule has 0 saturated carbocycles. The van der Waals surface area contributed by atoms with Crippen LogP contribution in [0, 0.1) is 0 Å². The number of rotatable bonds is 5. The summed E-state index contributed by atoms with van der Waals surface area (Å²) in [5.41, 5.74) is 6.96. The van der Waals surface area contributed by atoms with Crippen LogP contribution in [0.5, 0.6) is 5.75 Å². The van der Waals surface area contributed by atoms with Gasteiger partial charge in [0, 0.05) is 9.90 Å². The van der Waals surface area contributed by atoms with E-state index < -0.39 is 5.91 Å². The Morgan fingerprint density at radius 2 is 2.08 bits per heavy atom. The van der Waals surface area contributed by atoms with Crippen LogP contribution in [0.3, 0.4) is 0 Å². The van der Waals surface area contributed by atoms with Gasteiger partial charge in [-0.3, -0.25) is 9.59 Å². The Morgan fingerprint density at radius 3 is 2.80 bits per heavy atom. The molecule has 1 heterocycles. The van der Waals surface area contributed by atoms with Gasteiger partial charge in [-0.2, -0.15) is 0 Å². The first kappa shape index (κ1) is 18.2. The van der Waals surface area contributed by atoms with Gasteiger partial charge in [-0.1, -0.05) is 11.6 Å². The molecule has 2 amide bonds. The van der Waals surface area contributed by atoms with Gasteiger partial charge in [0.2, 0.25) is 0 Å². The maximum Gasteiger partial charge on any atom is 0.262 e. The van der Waals surface area contributed by atoms with Crippen molar-refractivity contribution in [3.63, 3.8) is 0 Å². The fourth-order valence-electron chi connectivity index (χ4n) is 2.81. The van der Waals surface area contributed by atoms with Crippen LogP contribution in [0.2, 0.25) is 5.02 Å². The van der Waals surface area contributed by atoms with Crippen LogP contribution in [0.25, 0.3) is 0 Å². The topological polar surface area (TPSA) is 81.4 Å². The molecule has 132 valence electrons. The first-order chi connectivity index (χ1) is 12.0. The highest BCUT2D eigenvalue weighted by Crippen LogP contribution is 2.38. The van der Waals surface area contributed by atoms with Gasteiger partial charge in [0.15, 0.2) is 6.61 Å². The summed E-state index contributed by atoms with van der Waals surface area (Å²) in [5.74, 6) is -0.334. The Morgan fingerprint density at radius 1 is 1.32 bits per heavy atom. The Kier molecular flexibility index (Phi) is 5.66. The molecule has 1 aliphatic carbocycles. The van der Waals surface area contributed by atoms with Gasteiger partial charge in [0.25, 0.3) is 11.8 Å². The SMILES string of the molecule is NC(=O)c1c(NC(=O)COc2ccc(Cl)cc2Br)sc2c1CCCC2. The van der Waals surface area contributed by atoms with Crippen LogP contribution in [-0.2, 0) is 17.6 Å². The minimum Gasteiger partial charge on any atom is -0.483 e. The zero-order valence-electron chi connectivity index (χ0n) is 13.2. The van der Waals surface area contributed by atoms with Crippen molar-refractivity contribution in [3.05, 3.63) is 43.7 Å². The van der Waals surface area contributed by atoms with Crippen LogP contribution >= 0.6 is 38.9 Å². The molecule has 8 heteroatoms. The minimum absolute atomic E-state index is 0.180. The zero-order chi connectivity index (χ0) is 18.0. The largest absolute Gasteiger partial charge is 0.483 e. The average molecular weight is 444 g/mol. The molecule has 0 atom stereocenters. The third-order valence-corrected chi connectivity index (χ3v) is 5.99. The second-order valence-corrected chi connectivity index (χ2v) is 8.09. The second-order valence-electron chi connectivity index (χ2n) is 5.69. The van der Waals surface area contributed by atoms with E-state index in [4.69, 9.17) is 22.1 Å². The molecule has 3 rings (SSSR count). The van der Waals surface area contributed by atoms with E-state index in [0.717, 1.165) is 36.1 Å². The van der Waals surface area contributed by atoms with E-state index in [9.17, 15) is 9.59 Å². The van der Waals surface area contributed by atoms with Crippen molar-refractivity contribution in [1.29, 1.82) is 0 Å². The number of ether oxygens (including phenoxy) is 1. The lowest BCUT2D eigenvalue weighted by atomic mass is 9.95. The van der Waals surface area contributed by atoms with Gasteiger partial charge < -0.3 is 15.8 Å². The summed E-state index contributed by atoms with van der Waals surface area (Å²) in [6.45, 7) is -0.180. The summed E-state index contributed by atoms with van der Waals surface area (Å²) in [6, 6.07) is 5.05. The summed E-state index contributed by atoms with van der Waals surface area (Å²) in [5, 5.41) is 3.85. The Bertz CT molecular complexity index is 838. The molecule has 0 spiro atoms. The standard InChI is InChI=1S/C17H16BrClN2O3S/c18-11-7-9(19)5-6-12(11)24-8-14(22)21-17-15(16(20)23)10-3-1-2-4-13(10)25-17/h5-7H,1-4,8H2,(H2,20,23)(H,21,22). The summed E-state index contributed by atoms with van der Waals surface area (Å²) in [6.07, 6.45) is 3.87. The monoisotopic (exact) mass is 442 g/mol. The highest BCUT2D eigenvalue weighted by molar-refractivity contribution is 9.10. The van der Waals surface area contributed by atoms with Crippen LogP contribution in [0.15, 0.2) is 22.7 Å². The molecule has 0 bridgehead atoms. The molecule has 3 N–H and O–H groups in total. The Balaban J connectivity index is 1.70. The summed E-state index contributed by atoms with van der Waals surface area (Å²) in [4.78, 5) is 25.2. The van der Waals surface area contributed by atoms with Gasteiger partial charge in [0.05, 0.1) is 10.0 Å². The molecule has 1 aromatic carbocycles. The first-order valence-corrected chi connectivity index (χ1v) is 9.76. The fourth-order valence-corrected chi connectivity index (χ4v) is 4.92. The van der Waals surface area contributed by atoms with E-state index in [1.165, 1.54) is 11.3 Å². The number of anilines is 1. The Labute approximate surface area is 162 Å². The van der Waals surface area contributed by atoms with Gasteiger partial charge in [-0.05, 0) is 65.4 Å². The number of fused-ring (bicyclic) bond motifs is 1. The van der Waals surface area contributed by atoms with Crippen molar-refractivity contribution in [2.45, 2.75) is 25.7 Å². The number of halogens is 2. The first-order valence-electron chi connectivity index (χ1n) is 7.77. The molecule has 0 aliphatic heterocycles. The number of hydrogen-bond donors (Lipinski definition) is 2. The van der Waals surface area contributed by atoms with E-state index in [0.29, 0.717) is 25.8 Å². The maximum atomic E-state index is 12.2. The van der Waals surface area contributed by atoms with Gasteiger partial charge in [0.1, 0.15) is 10.8 Å². The predicted octanol–water partition coefficient (Wildman–Crippen LogP) is 4.16. The van der Waals surface area contributed by atoms with Gasteiger partial charge in [-0.15, -0.1) is 11.3 Å². The van der Waals surface area contributed by atoms with Crippen molar-refractivity contribution in [2.24, 2.45) is 5.73 Å². The number of carbonyl (C=O) groups is 2. The number of hydrogen-bond acceptors (Lipinski definition) is 4. The number of carbonyl (C=O) groups excluding carboxylic acids is 2.